The highest BCUT2D eigenvalue weighted by Gasteiger charge is 2.22. The molecule has 1 heterocycles. The number of nitrogens with zero attached hydrogens (tertiary/aromatic N) is 2. The van der Waals surface area contributed by atoms with E-state index in [1.807, 2.05) is 19.1 Å². The Bertz CT molecular complexity index is 525. The van der Waals surface area contributed by atoms with E-state index < -0.39 is 6.10 Å². The zero-order chi connectivity index (χ0) is 13.1. The van der Waals surface area contributed by atoms with Crippen LogP contribution in [0.5, 0.6) is 0 Å². The van der Waals surface area contributed by atoms with Crippen molar-refractivity contribution in [3.8, 4) is 11.4 Å². The van der Waals surface area contributed by atoms with Gasteiger partial charge in [-0.3, -0.25) is 0 Å². The minimum atomic E-state index is -0.511. The first kappa shape index (κ1) is 13.1. The number of aromatic nitrogens is 2. The Morgan fingerprint density at radius 2 is 2.22 bits per heavy atom. The van der Waals surface area contributed by atoms with Crippen molar-refractivity contribution in [2.75, 3.05) is 0 Å². The van der Waals surface area contributed by atoms with E-state index in [1.54, 1.807) is 19.1 Å². The van der Waals surface area contributed by atoms with E-state index in [0.717, 1.165) is 12.0 Å². The summed E-state index contributed by atoms with van der Waals surface area (Å²) < 4.78 is 5.21. The number of hydrogen-bond acceptors (Lipinski definition) is 4. The van der Waals surface area contributed by atoms with Crippen LogP contribution >= 0.6 is 11.6 Å². The summed E-state index contributed by atoms with van der Waals surface area (Å²) in [5.41, 5.74) is 0.804. The lowest BCUT2D eigenvalue weighted by atomic mass is 10.0. The van der Waals surface area contributed by atoms with Crippen molar-refractivity contribution in [1.82, 2.24) is 10.1 Å². The van der Waals surface area contributed by atoms with Crippen LogP contribution in [0.4, 0.5) is 0 Å². The zero-order valence-electron chi connectivity index (χ0n) is 10.3. The summed E-state index contributed by atoms with van der Waals surface area (Å²) in [6.45, 7) is 3.69. The van der Waals surface area contributed by atoms with Crippen molar-refractivity contribution in [2.45, 2.75) is 32.3 Å². The summed E-state index contributed by atoms with van der Waals surface area (Å²) in [6.07, 6.45) is 0.233. The van der Waals surface area contributed by atoms with Crippen molar-refractivity contribution in [2.24, 2.45) is 0 Å². The van der Waals surface area contributed by atoms with E-state index in [2.05, 4.69) is 10.1 Å². The van der Waals surface area contributed by atoms with Gasteiger partial charge >= 0.3 is 0 Å². The second-order valence-corrected chi connectivity index (χ2v) is 4.66. The summed E-state index contributed by atoms with van der Waals surface area (Å²) in [6, 6.07) is 7.26. The molecule has 4 nitrogen and oxygen atoms in total. The molecule has 18 heavy (non-hydrogen) atoms. The SMILES string of the molecule is CCC(c1nc(-c2cccc(Cl)c2)no1)C(C)O. The molecule has 2 rings (SSSR count). The van der Waals surface area contributed by atoms with Gasteiger partial charge in [-0.2, -0.15) is 4.98 Å². The Balaban J connectivity index is 2.30. The molecule has 0 aliphatic heterocycles. The molecule has 2 unspecified atom stereocenters. The smallest absolute Gasteiger partial charge is 0.232 e. The zero-order valence-corrected chi connectivity index (χ0v) is 11.1. The van der Waals surface area contributed by atoms with Crippen LogP contribution < -0.4 is 0 Å². The van der Waals surface area contributed by atoms with Crippen LogP contribution in [0.3, 0.4) is 0 Å². The Labute approximate surface area is 111 Å². The minimum Gasteiger partial charge on any atom is -0.393 e. The van der Waals surface area contributed by atoms with Crippen LogP contribution in [-0.2, 0) is 0 Å². The van der Waals surface area contributed by atoms with Crippen molar-refractivity contribution in [3.05, 3.63) is 35.2 Å². The van der Waals surface area contributed by atoms with Crippen LogP contribution in [0.2, 0.25) is 5.02 Å². The highest BCUT2D eigenvalue weighted by molar-refractivity contribution is 6.30. The number of hydrogen-bond donors (Lipinski definition) is 1. The van der Waals surface area contributed by atoms with E-state index in [1.165, 1.54) is 0 Å². The van der Waals surface area contributed by atoms with Crippen LogP contribution in [-0.4, -0.2) is 21.4 Å². The van der Waals surface area contributed by atoms with Crippen LogP contribution in [0.15, 0.2) is 28.8 Å². The third-order valence-corrected chi connectivity index (χ3v) is 3.10. The fourth-order valence-electron chi connectivity index (χ4n) is 1.85. The predicted molar refractivity (Wildman–Crippen MR) is 69.5 cm³/mol. The first-order valence-corrected chi connectivity index (χ1v) is 6.27. The average Bonchev–Trinajstić information content (AvgIpc) is 2.79. The summed E-state index contributed by atoms with van der Waals surface area (Å²) in [5.74, 6) is 0.819. The molecule has 0 bridgehead atoms. The molecule has 0 spiro atoms. The molecule has 0 amide bonds. The molecular weight excluding hydrogens is 252 g/mol. The molecular formula is C13H15ClN2O2. The van der Waals surface area contributed by atoms with Gasteiger partial charge in [0.05, 0.1) is 12.0 Å². The summed E-state index contributed by atoms with van der Waals surface area (Å²) >= 11 is 5.92. The minimum absolute atomic E-state index is 0.134. The van der Waals surface area contributed by atoms with Crippen molar-refractivity contribution in [3.63, 3.8) is 0 Å². The molecule has 0 saturated heterocycles. The summed E-state index contributed by atoms with van der Waals surface area (Å²) in [7, 11) is 0. The summed E-state index contributed by atoms with van der Waals surface area (Å²) in [5, 5.41) is 14.2. The Hall–Kier alpha value is -1.39. The molecule has 1 aromatic carbocycles. The molecule has 0 radical (unpaired) electrons. The van der Waals surface area contributed by atoms with Crippen molar-refractivity contribution < 1.29 is 9.63 Å². The quantitative estimate of drug-likeness (QED) is 0.923. The number of aliphatic hydroxyl groups is 1. The molecule has 5 heteroatoms. The number of rotatable bonds is 4. The molecule has 0 saturated carbocycles. The van der Waals surface area contributed by atoms with E-state index in [-0.39, 0.29) is 5.92 Å². The Morgan fingerprint density at radius 3 is 2.83 bits per heavy atom. The van der Waals surface area contributed by atoms with Gasteiger partial charge in [0, 0.05) is 10.6 Å². The fraction of sp³-hybridized carbons (Fsp3) is 0.385. The molecule has 0 aliphatic carbocycles. The van der Waals surface area contributed by atoms with Gasteiger partial charge in [0.15, 0.2) is 0 Å². The number of halogens is 1. The van der Waals surface area contributed by atoms with Crippen LogP contribution in [0, 0.1) is 0 Å². The highest BCUT2D eigenvalue weighted by Crippen LogP contribution is 2.25. The number of benzene rings is 1. The second kappa shape index (κ2) is 5.50. The fourth-order valence-corrected chi connectivity index (χ4v) is 2.04. The topological polar surface area (TPSA) is 59.2 Å². The third-order valence-electron chi connectivity index (χ3n) is 2.86. The lowest BCUT2D eigenvalue weighted by Gasteiger charge is -2.12. The van der Waals surface area contributed by atoms with Crippen molar-refractivity contribution in [1.29, 1.82) is 0 Å². The van der Waals surface area contributed by atoms with Gasteiger partial charge in [-0.1, -0.05) is 35.8 Å². The van der Waals surface area contributed by atoms with Gasteiger partial charge in [0.1, 0.15) is 0 Å². The first-order chi connectivity index (χ1) is 8.61. The van der Waals surface area contributed by atoms with Gasteiger partial charge in [0.2, 0.25) is 11.7 Å². The molecule has 2 atom stereocenters. The molecule has 2 aromatic rings. The number of aliphatic hydroxyl groups excluding tert-OH is 1. The normalized spacial score (nSPS) is 14.4. The molecule has 96 valence electrons. The standard InChI is InChI=1S/C13H15ClN2O2/c1-3-11(8(2)17)13-15-12(16-18-13)9-5-4-6-10(14)7-9/h4-8,11,17H,3H2,1-2H3. The maximum atomic E-state index is 9.64. The highest BCUT2D eigenvalue weighted by atomic mass is 35.5. The average molecular weight is 267 g/mol. The van der Waals surface area contributed by atoms with Crippen LogP contribution in [0.25, 0.3) is 11.4 Å². The molecule has 1 aromatic heterocycles. The lowest BCUT2D eigenvalue weighted by Crippen LogP contribution is -2.13. The van der Waals surface area contributed by atoms with Gasteiger partial charge < -0.3 is 9.63 Å². The third kappa shape index (κ3) is 2.71. The van der Waals surface area contributed by atoms with Gasteiger partial charge in [0.25, 0.3) is 0 Å². The Kier molecular flexibility index (Phi) is 3.99. The monoisotopic (exact) mass is 266 g/mol. The molecule has 0 aliphatic rings. The van der Waals surface area contributed by atoms with E-state index in [9.17, 15) is 5.11 Å². The lowest BCUT2D eigenvalue weighted by molar-refractivity contribution is 0.141. The van der Waals surface area contributed by atoms with E-state index in [4.69, 9.17) is 16.1 Å². The van der Waals surface area contributed by atoms with Crippen molar-refractivity contribution >= 4 is 11.6 Å². The second-order valence-electron chi connectivity index (χ2n) is 4.22. The molecule has 1 N–H and O–H groups in total. The van der Waals surface area contributed by atoms with Crippen LogP contribution in [0.1, 0.15) is 32.1 Å². The Morgan fingerprint density at radius 1 is 1.44 bits per heavy atom. The predicted octanol–water partition coefficient (Wildman–Crippen LogP) is 3.26. The maximum Gasteiger partial charge on any atom is 0.232 e. The van der Waals surface area contributed by atoms with E-state index >= 15 is 0 Å². The van der Waals surface area contributed by atoms with Gasteiger partial charge in [-0.25, -0.2) is 0 Å². The van der Waals surface area contributed by atoms with E-state index in [0.29, 0.717) is 16.7 Å². The van der Waals surface area contributed by atoms with Gasteiger partial charge in [-0.05, 0) is 25.5 Å². The summed E-state index contributed by atoms with van der Waals surface area (Å²) in [4.78, 5) is 4.32. The van der Waals surface area contributed by atoms with Gasteiger partial charge in [-0.15, -0.1) is 0 Å². The largest absolute Gasteiger partial charge is 0.393 e. The first-order valence-electron chi connectivity index (χ1n) is 5.89. The maximum absolute atomic E-state index is 9.64. The molecule has 0 fully saturated rings.